The lowest BCUT2D eigenvalue weighted by molar-refractivity contribution is -0.136. The van der Waals surface area contributed by atoms with Crippen LogP contribution in [0.2, 0.25) is 0 Å². The maximum atomic E-state index is 13.0. The van der Waals surface area contributed by atoms with E-state index in [0.717, 1.165) is 43.3 Å². The molecule has 2 saturated heterocycles. The zero-order valence-electron chi connectivity index (χ0n) is 17.6. The van der Waals surface area contributed by atoms with Gasteiger partial charge in [-0.1, -0.05) is 18.2 Å². The molecule has 8 heteroatoms. The van der Waals surface area contributed by atoms with Crippen molar-refractivity contribution in [1.29, 1.82) is 0 Å². The Hall–Kier alpha value is -2.55. The van der Waals surface area contributed by atoms with E-state index in [-0.39, 0.29) is 30.8 Å². The third-order valence-electron chi connectivity index (χ3n) is 6.29. The number of β-amino-alcohol motifs (C(OH)–C–C–N with tert-alkyl or cyclic N) is 2. The Bertz CT molecular complexity index is 864. The number of carbonyl (C=O) groups excluding carboxylic acids is 1. The standard InChI is InChI=1S/C22H29N3O3.CH2O2/c26-12-11-24-9-6-16(7-10-24)22(28)25-14-18(21(27)15-25)13-17-5-8-23-20-4-2-1-3-19(17)20;2-1-3/h1-5,8,16,18,21,26-27H,6-7,9-15H2;1H,(H,2,3)/t18-,21+;/m1./s1. The monoisotopic (exact) mass is 429 g/mol. The molecule has 8 nitrogen and oxygen atoms in total. The SMILES string of the molecule is O=C(C1CCN(CCO)CC1)N1C[C@@H](Cc2ccnc3ccccc23)[C@@H](O)C1.O=CO. The van der Waals surface area contributed by atoms with E-state index in [1.54, 1.807) is 0 Å². The fourth-order valence-corrected chi connectivity index (χ4v) is 4.65. The number of benzene rings is 1. The molecule has 0 spiro atoms. The Labute approximate surface area is 182 Å². The average molecular weight is 430 g/mol. The van der Waals surface area contributed by atoms with Crippen LogP contribution in [0.25, 0.3) is 10.9 Å². The molecule has 4 rings (SSSR count). The van der Waals surface area contributed by atoms with Gasteiger partial charge in [-0.25, -0.2) is 0 Å². The molecule has 2 aliphatic heterocycles. The molecule has 0 bridgehead atoms. The maximum Gasteiger partial charge on any atom is 0.290 e. The Morgan fingerprint density at radius 1 is 1.16 bits per heavy atom. The van der Waals surface area contributed by atoms with Crippen LogP contribution in [0.5, 0.6) is 0 Å². The first-order chi connectivity index (χ1) is 15.1. The smallest absolute Gasteiger partial charge is 0.290 e. The van der Waals surface area contributed by atoms with Gasteiger partial charge in [0.2, 0.25) is 5.91 Å². The van der Waals surface area contributed by atoms with Crippen molar-refractivity contribution in [3.63, 3.8) is 0 Å². The number of piperidine rings is 1. The van der Waals surface area contributed by atoms with Crippen LogP contribution in [0, 0.1) is 11.8 Å². The molecule has 0 aliphatic carbocycles. The minimum absolute atomic E-state index is 0.0441. The first-order valence-corrected chi connectivity index (χ1v) is 10.8. The van der Waals surface area contributed by atoms with E-state index >= 15 is 0 Å². The van der Waals surface area contributed by atoms with Crippen molar-refractivity contribution in [2.75, 3.05) is 39.3 Å². The number of amides is 1. The van der Waals surface area contributed by atoms with Crippen LogP contribution in [-0.2, 0) is 16.0 Å². The molecule has 1 aromatic carbocycles. The van der Waals surface area contributed by atoms with Crippen LogP contribution >= 0.6 is 0 Å². The van der Waals surface area contributed by atoms with Crippen LogP contribution in [0.1, 0.15) is 18.4 Å². The molecule has 1 amide bonds. The molecule has 3 heterocycles. The van der Waals surface area contributed by atoms with Gasteiger partial charge in [0.15, 0.2) is 0 Å². The summed E-state index contributed by atoms with van der Waals surface area (Å²) in [5.41, 5.74) is 2.15. The average Bonchev–Trinajstić information content (AvgIpc) is 3.15. The largest absolute Gasteiger partial charge is 0.483 e. The van der Waals surface area contributed by atoms with Crippen molar-refractivity contribution < 1.29 is 24.9 Å². The summed E-state index contributed by atoms with van der Waals surface area (Å²) in [5, 5.41) is 27.7. The number of carbonyl (C=O) groups is 2. The van der Waals surface area contributed by atoms with E-state index in [1.165, 1.54) is 5.56 Å². The molecule has 31 heavy (non-hydrogen) atoms. The van der Waals surface area contributed by atoms with Gasteiger partial charge in [0, 0.05) is 43.1 Å². The highest BCUT2D eigenvalue weighted by Crippen LogP contribution is 2.28. The lowest BCUT2D eigenvalue weighted by Crippen LogP contribution is -2.42. The number of aromatic nitrogens is 1. The molecular formula is C23H31N3O5. The number of carboxylic acid groups (broad SMARTS) is 1. The number of nitrogens with zero attached hydrogens (tertiary/aromatic N) is 3. The zero-order valence-corrected chi connectivity index (χ0v) is 17.6. The van der Waals surface area contributed by atoms with Crippen molar-refractivity contribution in [2.24, 2.45) is 11.8 Å². The van der Waals surface area contributed by atoms with Crippen LogP contribution in [-0.4, -0.2) is 87.9 Å². The summed E-state index contributed by atoms with van der Waals surface area (Å²) in [7, 11) is 0. The van der Waals surface area contributed by atoms with Crippen LogP contribution in [0.4, 0.5) is 0 Å². The van der Waals surface area contributed by atoms with Gasteiger partial charge in [-0.3, -0.25) is 14.6 Å². The highest BCUT2D eigenvalue weighted by molar-refractivity contribution is 5.82. The summed E-state index contributed by atoms with van der Waals surface area (Å²) in [4.78, 5) is 29.8. The number of para-hydroxylation sites is 1. The van der Waals surface area contributed by atoms with Crippen molar-refractivity contribution in [1.82, 2.24) is 14.8 Å². The fraction of sp³-hybridized carbons (Fsp3) is 0.522. The first kappa shape index (κ1) is 23.1. The number of aliphatic hydroxyl groups is 2. The lowest BCUT2D eigenvalue weighted by atomic mass is 9.94. The van der Waals surface area contributed by atoms with Gasteiger partial charge >= 0.3 is 0 Å². The molecule has 0 saturated carbocycles. The number of hydrogen-bond donors (Lipinski definition) is 3. The van der Waals surface area contributed by atoms with Crippen molar-refractivity contribution in [2.45, 2.75) is 25.4 Å². The molecule has 2 fully saturated rings. The molecule has 2 aromatic rings. The summed E-state index contributed by atoms with van der Waals surface area (Å²) < 4.78 is 0. The molecule has 2 aliphatic rings. The Morgan fingerprint density at radius 3 is 2.58 bits per heavy atom. The van der Waals surface area contributed by atoms with Crippen LogP contribution in [0.3, 0.4) is 0 Å². The van der Waals surface area contributed by atoms with Crippen LogP contribution in [0.15, 0.2) is 36.5 Å². The highest BCUT2D eigenvalue weighted by Gasteiger charge is 2.37. The molecule has 0 radical (unpaired) electrons. The number of rotatable bonds is 5. The maximum absolute atomic E-state index is 13.0. The minimum atomic E-state index is -0.481. The second kappa shape index (κ2) is 11.2. The Morgan fingerprint density at radius 2 is 1.87 bits per heavy atom. The van der Waals surface area contributed by atoms with Gasteiger partial charge in [0.1, 0.15) is 0 Å². The molecule has 2 atom stereocenters. The molecule has 3 N–H and O–H groups in total. The van der Waals surface area contributed by atoms with E-state index < -0.39 is 6.10 Å². The summed E-state index contributed by atoms with van der Waals surface area (Å²) in [6, 6.07) is 10.1. The van der Waals surface area contributed by atoms with Crippen LogP contribution < -0.4 is 0 Å². The molecule has 168 valence electrons. The third-order valence-corrected chi connectivity index (χ3v) is 6.29. The molecule has 0 unspecified atom stereocenters. The number of fused-ring (bicyclic) bond motifs is 1. The normalized spacial score (nSPS) is 22.2. The van der Waals surface area contributed by atoms with Gasteiger partial charge in [-0.2, -0.15) is 0 Å². The van der Waals surface area contributed by atoms with Gasteiger partial charge in [0.05, 0.1) is 18.2 Å². The van der Waals surface area contributed by atoms with E-state index in [1.807, 2.05) is 35.4 Å². The van der Waals surface area contributed by atoms with Crippen molar-refractivity contribution >= 4 is 23.3 Å². The quantitative estimate of drug-likeness (QED) is 0.608. The second-order valence-electron chi connectivity index (χ2n) is 8.21. The van der Waals surface area contributed by atoms with Gasteiger partial charge in [0.25, 0.3) is 6.47 Å². The van der Waals surface area contributed by atoms with Gasteiger partial charge in [-0.05, 0) is 50.0 Å². The fourth-order valence-electron chi connectivity index (χ4n) is 4.65. The zero-order chi connectivity index (χ0) is 22.2. The summed E-state index contributed by atoms with van der Waals surface area (Å²) in [6.07, 6.45) is 3.77. The molecular weight excluding hydrogens is 398 g/mol. The topological polar surface area (TPSA) is 114 Å². The number of aliphatic hydroxyl groups excluding tert-OH is 2. The van der Waals surface area contributed by atoms with Gasteiger partial charge < -0.3 is 25.1 Å². The second-order valence-corrected chi connectivity index (χ2v) is 8.21. The van der Waals surface area contributed by atoms with Crippen molar-refractivity contribution in [3.05, 3.63) is 42.1 Å². The van der Waals surface area contributed by atoms with E-state index in [2.05, 4.69) is 16.0 Å². The third kappa shape index (κ3) is 5.78. The van der Waals surface area contributed by atoms with Crippen molar-refractivity contribution in [3.8, 4) is 0 Å². The summed E-state index contributed by atoms with van der Waals surface area (Å²) >= 11 is 0. The summed E-state index contributed by atoms with van der Waals surface area (Å²) in [6.45, 7) is 3.38. The first-order valence-electron chi connectivity index (χ1n) is 10.8. The number of likely N-dealkylation sites (tertiary alicyclic amines) is 2. The lowest BCUT2D eigenvalue weighted by Gasteiger charge is -2.32. The summed E-state index contributed by atoms with van der Waals surface area (Å²) in [5.74, 6) is 0.289. The predicted octanol–water partition coefficient (Wildman–Crippen LogP) is 1.00. The Balaban J connectivity index is 0.000000858. The minimum Gasteiger partial charge on any atom is -0.483 e. The van der Waals surface area contributed by atoms with Gasteiger partial charge in [-0.15, -0.1) is 0 Å². The van der Waals surface area contributed by atoms with E-state index in [9.17, 15) is 9.90 Å². The number of hydrogen-bond acceptors (Lipinski definition) is 6. The number of pyridine rings is 1. The Kier molecular flexibility index (Phi) is 8.34. The van der Waals surface area contributed by atoms with E-state index in [0.29, 0.717) is 19.6 Å². The predicted molar refractivity (Wildman–Crippen MR) is 116 cm³/mol. The highest BCUT2D eigenvalue weighted by atomic mass is 16.3. The molecule has 1 aromatic heterocycles. The van der Waals surface area contributed by atoms with E-state index in [4.69, 9.17) is 15.0 Å².